The van der Waals surface area contributed by atoms with Crippen LogP contribution in [0.3, 0.4) is 0 Å². The van der Waals surface area contributed by atoms with Crippen LogP contribution >= 0.6 is 0 Å². The number of nitrogens with zero attached hydrogens (tertiary/aromatic N) is 2. The Morgan fingerprint density at radius 3 is 1.82 bits per heavy atom. The SMILES string of the molecule is CC(C)N(C)C.CCOCCN(C)CCOC. The average Bonchev–Trinajstić information content (AvgIpc) is 2.27. The summed E-state index contributed by atoms with van der Waals surface area (Å²) in [5, 5.41) is 0. The molecule has 4 heteroatoms. The zero-order valence-corrected chi connectivity index (χ0v) is 12.8. The fraction of sp³-hybridized carbons (Fsp3) is 1.00. The number of likely N-dealkylation sites (N-methyl/N-ethyl adjacent to an activating group) is 1. The van der Waals surface area contributed by atoms with E-state index in [9.17, 15) is 0 Å². The first-order valence-electron chi connectivity index (χ1n) is 6.37. The molecule has 0 aliphatic carbocycles. The largest absolute Gasteiger partial charge is 0.383 e. The van der Waals surface area contributed by atoms with Crippen LogP contribution in [0.4, 0.5) is 0 Å². The lowest BCUT2D eigenvalue weighted by atomic mass is 10.4. The van der Waals surface area contributed by atoms with Gasteiger partial charge in [-0.2, -0.15) is 0 Å². The second-order valence-electron chi connectivity index (χ2n) is 4.55. The van der Waals surface area contributed by atoms with E-state index in [1.807, 2.05) is 6.92 Å². The Morgan fingerprint density at radius 1 is 1.00 bits per heavy atom. The Bertz CT molecular complexity index is 135. The van der Waals surface area contributed by atoms with Crippen molar-refractivity contribution in [3.8, 4) is 0 Å². The molecule has 0 aromatic carbocycles. The average molecular weight is 248 g/mol. The predicted octanol–water partition coefficient (Wildman–Crippen LogP) is 1.56. The standard InChI is InChI=1S/C8H19NO2.C5H13N/c1-4-11-8-6-9(2)5-7-10-3;1-5(2)6(3)4/h4-8H2,1-3H3;5H,1-4H3. The van der Waals surface area contributed by atoms with Gasteiger partial charge in [0, 0.05) is 32.8 Å². The Hall–Kier alpha value is -0.160. The second-order valence-corrected chi connectivity index (χ2v) is 4.55. The van der Waals surface area contributed by atoms with Gasteiger partial charge in [0.2, 0.25) is 0 Å². The molecule has 0 bridgehead atoms. The van der Waals surface area contributed by atoms with Crippen LogP contribution in [0.1, 0.15) is 20.8 Å². The summed E-state index contributed by atoms with van der Waals surface area (Å²) in [6.45, 7) is 10.7. The Kier molecular flexibility index (Phi) is 15.7. The third kappa shape index (κ3) is 18.4. The van der Waals surface area contributed by atoms with E-state index in [-0.39, 0.29) is 0 Å². The molecule has 0 N–H and O–H groups in total. The van der Waals surface area contributed by atoms with Gasteiger partial charge in [-0.3, -0.25) is 0 Å². The summed E-state index contributed by atoms with van der Waals surface area (Å²) in [6.07, 6.45) is 0. The molecule has 0 heterocycles. The monoisotopic (exact) mass is 248 g/mol. The zero-order valence-electron chi connectivity index (χ0n) is 12.8. The highest BCUT2D eigenvalue weighted by atomic mass is 16.5. The molecular weight excluding hydrogens is 216 g/mol. The Balaban J connectivity index is 0. The van der Waals surface area contributed by atoms with Crippen LogP contribution in [0.5, 0.6) is 0 Å². The number of hydrogen-bond donors (Lipinski definition) is 0. The van der Waals surface area contributed by atoms with E-state index in [0.717, 1.165) is 32.9 Å². The minimum absolute atomic E-state index is 0.685. The smallest absolute Gasteiger partial charge is 0.0593 e. The van der Waals surface area contributed by atoms with Crippen molar-refractivity contribution in [1.29, 1.82) is 0 Å². The molecule has 0 aliphatic heterocycles. The van der Waals surface area contributed by atoms with Crippen molar-refractivity contribution in [2.45, 2.75) is 26.8 Å². The van der Waals surface area contributed by atoms with Gasteiger partial charge in [0.05, 0.1) is 13.2 Å². The van der Waals surface area contributed by atoms with E-state index >= 15 is 0 Å². The molecule has 106 valence electrons. The maximum Gasteiger partial charge on any atom is 0.0593 e. The van der Waals surface area contributed by atoms with Crippen molar-refractivity contribution in [1.82, 2.24) is 9.80 Å². The molecule has 0 unspecified atom stereocenters. The lowest BCUT2D eigenvalue weighted by molar-refractivity contribution is 0.106. The molecule has 0 aromatic heterocycles. The summed E-state index contributed by atoms with van der Waals surface area (Å²) in [6, 6.07) is 0.685. The van der Waals surface area contributed by atoms with Gasteiger partial charge in [0.15, 0.2) is 0 Å². The van der Waals surface area contributed by atoms with Crippen molar-refractivity contribution < 1.29 is 9.47 Å². The molecular formula is C13H32N2O2. The van der Waals surface area contributed by atoms with Crippen LogP contribution < -0.4 is 0 Å². The highest BCUT2D eigenvalue weighted by Crippen LogP contribution is 1.84. The molecule has 4 nitrogen and oxygen atoms in total. The zero-order chi connectivity index (χ0) is 13.7. The first-order valence-corrected chi connectivity index (χ1v) is 6.37. The third-order valence-electron chi connectivity index (χ3n) is 2.53. The van der Waals surface area contributed by atoms with Gasteiger partial charge in [0.1, 0.15) is 0 Å². The number of rotatable bonds is 8. The molecule has 0 fully saturated rings. The summed E-state index contributed by atoms with van der Waals surface area (Å²) in [7, 11) is 7.93. The van der Waals surface area contributed by atoms with Gasteiger partial charge >= 0.3 is 0 Å². The van der Waals surface area contributed by atoms with Crippen LogP contribution in [0, 0.1) is 0 Å². The van der Waals surface area contributed by atoms with Crippen LogP contribution in [-0.2, 0) is 9.47 Å². The topological polar surface area (TPSA) is 24.9 Å². The van der Waals surface area contributed by atoms with Crippen molar-refractivity contribution in [3.05, 3.63) is 0 Å². The maximum atomic E-state index is 5.20. The van der Waals surface area contributed by atoms with E-state index in [4.69, 9.17) is 9.47 Å². The lowest BCUT2D eigenvalue weighted by Gasteiger charge is -2.15. The highest BCUT2D eigenvalue weighted by molar-refractivity contribution is 4.48. The fourth-order valence-corrected chi connectivity index (χ4v) is 0.724. The predicted molar refractivity (Wildman–Crippen MR) is 74.7 cm³/mol. The van der Waals surface area contributed by atoms with Gasteiger partial charge in [-0.25, -0.2) is 0 Å². The van der Waals surface area contributed by atoms with E-state index in [0.29, 0.717) is 6.04 Å². The normalized spacial score (nSPS) is 10.9. The van der Waals surface area contributed by atoms with Gasteiger partial charge in [-0.05, 0) is 41.9 Å². The maximum absolute atomic E-state index is 5.20. The van der Waals surface area contributed by atoms with E-state index in [1.54, 1.807) is 7.11 Å². The van der Waals surface area contributed by atoms with Gasteiger partial charge in [-0.1, -0.05) is 0 Å². The molecule has 17 heavy (non-hydrogen) atoms. The first kappa shape index (κ1) is 19.2. The molecule has 0 amide bonds. The summed E-state index contributed by atoms with van der Waals surface area (Å²) >= 11 is 0. The number of methoxy groups -OCH3 is 1. The molecule has 0 radical (unpaired) electrons. The molecule has 0 aromatic rings. The highest BCUT2D eigenvalue weighted by Gasteiger charge is 1.95. The summed E-state index contributed by atoms with van der Waals surface area (Å²) in [5.41, 5.74) is 0. The van der Waals surface area contributed by atoms with Crippen molar-refractivity contribution >= 4 is 0 Å². The quantitative estimate of drug-likeness (QED) is 0.609. The Morgan fingerprint density at radius 2 is 1.47 bits per heavy atom. The van der Waals surface area contributed by atoms with Crippen LogP contribution in [0.15, 0.2) is 0 Å². The summed E-state index contributed by atoms with van der Waals surface area (Å²) < 4.78 is 10.1. The van der Waals surface area contributed by atoms with Gasteiger partial charge in [0.25, 0.3) is 0 Å². The molecule has 0 aliphatic rings. The van der Waals surface area contributed by atoms with Crippen molar-refractivity contribution in [2.75, 3.05) is 61.2 Å². The Labute approximate surface area is 108 Å². The molecule has 0 rings (SSSR count). The minimum atomic E-state index is 0.685. The van der Waals surface area contributed by atoms with Crippen LogP contribution in [0.25, 0.3) is 0 Å². The van der Waals surface area contributed by atoms with Crippen LogP contribution in [-0.4, -0.2) is 77.0 Å². The fourth-order valence-electron chi connectivity index (χ4n) is 0.724. The second kappa shape index (κ2) is 13.9. The van der Waals surface area contributed by atoms with E-state index < -0.39 is 0 Å². The summed E-state index contributed by atoms with van der Waals surface area (Å²) in [5.74, 6) is 0. The molecule has 0 saturated heterocycles. The molecule has 0 spiro atoms. The number of ether oxygens (including phenoxy) is 2. The van der Waals surface area contributed by atoms with E-state index in [1.165, 1.54) is 0 Å². The van der Waals surface area contributed by atoms with Crippen molar-refractivity contribution in [3.63, 3.8) is 0 Å². The number of hydrogen-bond acceptors (Lipinski definition) is 4. The van der Waals surface area contributed by atoms with E-state index in [2.05, 4.69) is 44.8 Å². The van der Waals surface area contributed by atoms with Crippen molar-refractivity contribution in [2.24, 2.45) is 0 Å². The molecule has 0 atom stereocenters. The molecule has 0 saturated carbocycles. The van der Waals surface area contributed by atoms with Crippen LogP contribution in [0.2, 0.25) is 0 Å². The lowest BCUT2D eigenvalue weighted by Crippen LogP contribution is -2.26. The summed E-state index contributed by atoms with van der Waals surface area (Å²) in [4.78, 5) is 4.36. The van der Waals surface area contributed by atoms with Gasteiger partial charge < -0.3 is 19.3 Å². The van der Waals surface area contributed by atoms with Gasteiger partial charge in [-0.15, -0.1) is 0 Å². The first-order chi connectivity index (χ1) is 7.95. The third-order valence-corrected chi connectivity index (χ3v) is 2.53. The minimum Gasteiger partial charge on any atom is -0.383 e.